The van der Waals surface area contributed by atoms with E-state index < -0.39 is 5.91 Å². The van der Waals surface area contributed by atoms with Crippen LogP contribution in [0.3, 0.4) is 0 Å². The zero-order valence-electron chi connectivity index (χ0n) is 9.46. The van der Waals surface area contributed by atoms with Crippen LogP contribution in [-0.2, 0) is 15.7 Å². The Morgan fingerprint density at radius 2 is 1.67 bits per heavy atom. The van der Waals surface area contributed by atoms with Gasteiger partial charge in [-0.1, -0.05) is 42.5 Å². The van der Waals surface area contributed by atoms with Gasteiger partial charge in [0.15, 0.2) is 0 Å². The van der Waals surface area contributed by atoms with Crippen LogP contribution in [0.5, 0.6) is 0 Å². The van der Waals surface area contributed by atoms with E-state index in [2.05, 4.69) is 34.9 Å². The number of aromatic nitrogens is 1. The molecule has 3 aromatic rings. The van der Waals surface area contributed by atoms with E-state index in [9.17, 15) is 0 Å². The van der Waals surface area contributed by atoms with Gasteiger partial charge in [-0.2, -0.15) is 9.78 Å². The maximum Gasteiger partial charge on any atom is 0.342 e. The Hall–Kier alpha value is -2.10. The first kappa shape index (κ1) is 8.91. The fourth-order valence-corrected chi connectivity index (χ4v) is 2.98. The molecule has 0 saturated carbocycles. The molecule has 3 nitrogen and oxygen atoms in total. The SMILES string of the molecule is c1ccc2c(c1)-c1cc3ccccc3n1C21OO1. The van der Waals surface area contributed by atoms with Crippen molar-refractivity contribution in [2.24, 2.45) is 0 Å². The summed E-state index contributed by atoms with van der Waals surface area (Å²) >= 11 is 0. The first-order valence-electron chi connectivity index (χ1n) is 5.98. The molecule has 1 aromatic heterocycles. The zero-order chi connectivity index (χ0) is 11.7. The van der Waals surface area contributed by atoms with Crippen LogP contribution in [0, 0.1) is 0 Å². The lowest BCUT2D eigenvalue weighted by atomic mass is 10.1. The Balaban J connectivity index is 2.00. The maximum atomic E-state index is 5.34. The molecular weight excluding hydrogens is 226 g/mol. The quantitative estimate of drug-likeness (QED) is 0.442. The van der Waals surface area contributed by atoms with Crippen molar-refractivity contribution < 1.29 is 9.78 Å². The second-order valence-corrected chi connectivity index (χ2v) is 4.72. The van der Waals surface area contributed by atoms with Gasteiger partial charge in [-0.05, 0) is 12.1 Å². The Labute approximate surface area is 103 Å². The fourth-order valence-electron chi connectivity index (χ4n) is 2.98. The summed E-state index contributed by atoms with van der Waals surface area (Å²) in [5.74, 6) is -0.713. The lowest BCUT2D eigenvalue weighted by molar-refractivity contribution is 0.0850. The van der Waals surface area contributed by atoms with Gasteiger partial charge >= 0.3 is 5.91 Å². The van der Waals surface area contributed by atoms with E-state index in [1.807, 2.05) is 24.3 Å². The smallest absolute Gasteiger partial charge is 0.281 e. The predicted octanol–water partition coefficient (Wildman–Crippen LogP) is 3.24. The molecule has 2 aliphatic heterocycles. The average Bonchev–Trinajstić information content (AvgIpc) is 3.05. The van der Waals surface area contributed by atoms with E-state index in [1.54, 1.807) is 0 Å². The molecule has 0 bridgehead atoms. The van der Waals surface area contributed by atoms with Gasteiger partial charge in [-0.15, -0.1) is 0 Å². The van der Waals surface area contributed by atoms with Gasteiger partial charge in [0.2, 0.25) is 0 Å². The third-order valence-electron chi connectivity index (χ3n) is 3.79. The minimum atomic E-state index is -0.713. The fraction of sp³-hybridized carbons (Fsp3) is 0.0667. The second kappa shape index (κ2) is 2.66. The van der Waals surface area contributed by atoms with Crippen LogP contribution in [-0.4, -0.2) is 4.57 Å². The van der Waals surface area contributed by atoms with Crippen molar-refractivity contribution in [2.75, 3.05) is 0 Å². The van der Waals surface area contributed by atoms with Crippen molar-refractivity contribution >= 4 is 10.9 Å². The van der Waals surface area contributed by atoms with Crippen LogP contribution < -0.4 is 0 Å². The molecule has 1 saturated heterocycles. The molecular formula is C15H9NO2. The highest BCUT2D eigenvalue weighted by Gasteiger charge is 2.59. The summed E-state index contributed by atoms with van der Waals surface area (Å²) in [6.07, 6.45) is 0. The molecule has 1 spiro atoms. The maximum absolute atomic E-state index is 5.34. The number of para-hydroxylation sites is 1. The van der Waals surface area contributed by atoms with E-state index in [1.165, 1.54) is 10.9 Å². The van der Waals surface area contributed by atoms with Crippen molar-refractivity contribution in [1.82, 2.24) is 4.57 Å². The molecule has 0 radical (unpaired) electrons. The number of hydrogen-bond donors (Lipinski definition) is 0. The Morgan fingerprint density at radius 1 is 0.889 bits per heavy atom. The Bertz CT molecular complexity index is 799. The lowest BCUT2D eigenvalue weighted by Crippen LogP contribution is -2.14. The topological polar surface area (TPSA) is 30.0 Å². The highest BCUT2D eigenvalue weighted by Crippen LogP contribution is 2.55. The van der Waals surface area contributed by atoms with Crippen LogP contribution in [0.15, 0.2) is 54.6 Å². The molecule has 1 fully saturated rings. The van der Waals surface area contributed by atoms with Gasteiger partial charge in [0.1, 0.15) is 0 Å². The highest BCUT2D eigenvalue weighted by molar-refractivity contribution is 5.90. The summed E-state index contributed by atoms with van der Waals surface area (Å²) in [7, 11) is 0. The van der Waals surface area contributed by atoms with Crippen LogP contribution in [0.25, 0.3) is 22.2 Å². The zero-order valence-corrected chi connectivity index (χ0v) is 9.46. The standard InChI is InChI=1S/C15H9NO2/c1-4-8-13-10(5-1)9-14-11-6-2-3-7-12(11)15(16(13)14)17-18-15/h1-9H. The summed E-state index contributed by atoms with van der Waals surface area (Å²) in [5.41, 5.74) is 4.57. The van der Waals surface area contributed by atoms with E-state index in [0.29, 0.717) is 0 Å². The predicted molar refractivity (Wildman–Crippen MR) is 66.6 cm³/mol. The van der Waals surface area contributed by atoms with Gasteiger partial charge in [0, 0.05) is 16.5 Å². The summed E-state index contributed by atoms with van der Waals surface area (Å²) < 4.78 is 2.13. The van der Waals surface area contributed by atoms with Crippen molar-refractivity contribution in [1.29, 1.82) is 0 Å². The first-order valence-corrected chi connectivity index (χ1v) is 5.98. The number of rotatable bonds is 0. The molecule has 3 heterocycles. The first-order chi connectivity index (χ1) is 8.90. The van der Waals surface area contributed by atoms with Crippen molar-refractivity contribution in [3.63, 3.8) is 0 Å². The lowest BCUT2D eigenvalue weighted by Gasteiger charge is -2.05. The van der Waals surface area contributed by atoms with Crippen LogP contribution in [0.2, 0.25) is 0 Å². The number of nitrogens with zero attached hydrogens (tertiary/aromatic N) is 1. The molecule has 3 heteroatoms. The number of hydrogen-bond acceptors (Lipinski definition) is 2. The second-order valence-electron chi connectivity index (χ2n) is 4.72. The average molecular weight is 235 g/mol. The highest BCUT2D eigenvalue weighted by atomic mass is 17.4. The molecule has 2 aliphatic rings. The normalized spacial score (nSPS) is 18.0. The third-order valence-corrected chi connectivity index (χ3v) is 3.79. The van der Waals surface area contributed by atoms with Crippen molar-refractivity contribution in [3.05, 3.63) is 60.2 Å². The van der Waals surface area contributed by atoms with Crippen molar-refractivity contribution in [3.8, 4) is 11.3 Å². The summed E-state index contributed by atoms with van der Waals surface area (Å²) in [5, 5.41) is 1.21. The molecule has 0 unspecified atom stereocenters. The van der Waals surface area contributed by atoms with Crippen LogP contribution in [0.4, 0.5) is 0 Å². The van der Waals surface area contributed by atoms with E-state index in [0.717, 1.165) is 16.8 Å². The Kier molecular flexibility index (Phi) is 1.32. The van der Waals surface area contributed by atoms with E-state index in [-0.39, 0.29) is 0 Å². The van der Waals surface area contributed by atoms with E-state index >= 15 is 0 Å². The summed E-state index contributed by atoms with van der Waals surface area (Å²) in [4.78, 5) is 10.7. The largest absolute Gasteiger partial charge is 0.342 e. The van der Waals surface area contributed by atoms with Crippen molar-refractivity contribution in [2.45, 2.75) is 5.91 Å². The minimum absolute atomic E-state index is 0.713. The molecule has 0 atom stereocenters. The summed E-state index contributed by atoms with van der Waals surface area (Å²) in [6, 6.07) is 18.7. The number of fused-ring (bicyclic) bond motifs is 7. The number of benzene rings is 2. The van der Waals surface area contributed by atoms with Crippen LogP contribution in [0.1, 0.15) is 5.56 Å². The molecule has 2 aromatic carbocycles. The van der Waals surface area contributed by atoms with Gasteiger partial charge < -0.3 is 0 Å². The van der Waals surface area contributed by atoms with E-state index in [4.69, 9.17) is 9.78 Å². The minimum Gasteiger partial charge on any atom is -0.281 e. The molecule has 0 N–H and O–H groups in total. The van der Waals surface area contributed by atoms with Gasteiger partial charge in [-0.25, -0.2) is 0 Å². The Morgan fingerprint density at radius 3 is 2.56 bits per heavy atom. The molecule has 18 heavy (non-hydrogen) atoms. The summed E-state index contributed by atoms with van der Waals surface area (Å²) in [6.45, 7) is 0. The van der Waals surface area contributed by atoms with Gasteiger partial charge in [0.25, 0.3) is 0 Å². The third kappa shape index (κ3) is 0.827. The van der Waals surface area contributed by atoms with Gasteiger partial charge in [-0.3, -0.25) is 4.57 Å². The molecule has 86 valence electrons. The molecule has 0 amide bonds. The van der Waals surface area contributed by atoms with Crippen LogP contribution >= 0.6 is 0 Å². The monoisotopic (exact) mass is 235 g/mol. The molecule has 0 aliphatic carbocycles. The van der Waals surface area contributed by atoms with Gasteiger partial charge in [0.05, 0.1) is 11.2 Å². The molecule has 5 rings (SSSR count).